The number of nitrogens with one attached hydrogen (secondary N) is 1. The Bertz CT molecular complexity index is 341. The van der Waals surface area contributed by atoms with Crippen molar-refractivity contribution >= 4 is 28.5 Å². The largest absolute Gasteiger partial charge is 0.484 e. The van der Waals surface area contributed by atoms with Crippen molar-refractivity contribution in [3.05, 3.63) is 30.3 Å². The fraction of sp³-hybridized carbons (Fsp3) is 0.462. The van der Waals surface area contributed by atoms with Crippen LogP contribution < -0.4 is 10.1 Å². The summed E-state index contributed by atoms with van der Waals surface area (Å²) < 4.78 is 6.29. The average Bonchev–Trinajstić information content (AvgIpc) is 2.34. The molecule has 1 rings (SSSR count). The maximum Gasteiger partial charge on any atom is 0.258 e. The Morgan fingerprint density at radius 3 is 2.53 bits per heavy atom. The number of hydrogen-bond donors (Lipinski definition) is 1. The minimum absolute atomic E-state index is 0.0655. The van der Waals surface area contributed by atoms with Crippen molar-refractivity contribution in [2.75, 3.05) is 11.0 Å². The molecule has 1 aromatic carbocycles. The normalized spacial score (nSPS) is 12.2. The number of amides is 1. The highest BCUT2D eigenvalue weighted by Crippen LogP contribution is 2.08. The summed E-state index contributed by atoms with van der Waals surface area (Å²) in [5.41, 5.74) is 0. The molecule has 17 heavy (non-hydrogen) atoms. The minimum Gasteiger partial charge on any atom is -0.484 e. The lowest BCUT2D eigenvalue weighted by Crippen LogP contribution is -2.42. The molecule has 3 nitrogen and oxygen atoms in total. The molecule has 0 fully saturated rings. The second-order valence-electron chi connectivity index (χ2n) is 4.17. The molecule has 0 aliphatic heterocycles. The third-order valence-corrected chi connectivity index (χ3v) is 3.38. The van der Waals surface area contributed by atoms with Gasteiger partial charge in [0.1, 0.15) is 5.75 Å². The minimum atomic E-state index is -0.0655. The highest BCUT2D eigenvalue weighted by molar-refractivity contribution is 14.1. The molecule has 0 aliphatic rings. The zero-order valence-corrected chi connectivity index (χ0v) is 12.3. The first-order valence-electron chi connectivity index (χ1n) is 5.66. The molecule has 1 amide bonds. The second-order valence-corrected chi connectivity index (χ2v) is 5.05. The van der Waals surface area contributed by atoms with Crippen LogP contribution in [0.25, 0.3) is 0 Å². The smallest absolute Gasteiger partial charge is 0.258 e. The van der Waals surface area contributed by atoms with E-state index in [1.807, 2.05) is 30.3 Å². The van der Waals surface area contributed by atoms with Crippen molar-refractivity contribution in [3.8, 4) is 5.75 Å². The standard InChI is InChI=1S/C13H18INO2/c1-10(2)12(8-14)15-13(16)9-17-11-6-4-3-5-7-11/h3-7,10,12H,8-9H2,1-2H3,(H,15,16). The first-order chi connectivity index (χ1) is 8.13. The van der Waals surface area contributed by atoms with Crippen LogP contribution in [0, 0.1) is 5.92 Å². The average molecular weight is 347 g/mol. The van der Waals surface area contributed by atoms with Gasteiger partial charge in [-0.1, -0.05) is 54.6 Å². The molecule has 1 N–H and O–H groups in total. The summed E-state index contributed by atoms with van der Waals surface area (Å²) in [7, 11) is 0. The summed E-state index contributed by atoms with van der Waals surface area (Å²) >= 11 is 2.28. The van der Waals surface area contributed by atoms with Gasteiger partial charge in [-0.05, 0) is 18.1 Å². The predicted octanol–water partition coefficient (Wildman–Crippen LogP) is 2.64. The molecule has 1 atom stereocenters. The number of para-hydroxylation sites is 1. The van der Waals surface area contributed by atoms with Crippen LogP contribution in [-0.4, -0.2) is 23.0 Å². The van der Waals surface area contributed by atoms with Crippen molar-refractivity contribution in [1.82, 2.24) is 5.32 Å². The Labute approximate surface area is 116 Å². The van der Waals surface area contributed by atoms with Crippen LogP contribution in [-0.2, 0) is 4.79 Å². The van der Waals surface area contributed by atoms with E-state index in [2.05, 4.69) is 41.8 Å². The van der Waals surface area contributed by atoms with Crippen molar-refractivity contribution in [2.24, 2.45) is 5.92 Å². The molecular formula is C13H18INO2. The number of carbonyl (C=O) groups excluding carboxylic acids is 1. The SMILES string of the molecule is CC(C)C(CI)NC(=O)COc1ccccc1. The molecule has 1 aromatic rings. The fourth-order valence-electron chi connectivity index (χ4n) is 1.30. The Hall–Kier alpha value is -0.780. The molecule has 4 heteroatoms. The van der Waals surface area contributed by atoms with Crippen molar-refractivity contribution in [1.29, 1.82) is 0 Å². The van der Waals surface area contributed by atoms with Crippen LogP contribution in [0.1, 0.15) is 13.8 Å². The van der Waals surface area contributed by atoms with Crippen LogP contribution >= 0.6 is 22.6 Å². The molecule has 0 aromatic heterocycles. The number of alkyl halides is 1. The molecule has 1 unspecified atom stereocenters. The molecule has 0 heterocycles. The topological polar surface area (TPSA) is 38.3 Å². The lowest BCUT2D eigenvalue weighted by molar-refractivity contribution is -0.123. The molecule has 0 aliphatic carbocycles. The molecule has 94 valence electrons. The van der Waals surface area contributed by atoms with E-state index in [0.29, 0.717) is 5.92 Å². The third kappa shape index (κ3) is 5.39. The van der Waals surface area contributed by atoms with Gasteiger partial charge in [-0.2, -0.15) is 0 Å². The molecule has 0 bridgehead atoms. The summed E-state index contributed by atoms with van der Waals surface area (Å²) in [6.45, 7) is 4.27. The van der Waals surface area contributed by atoms with E-state index in [4.69, 9.17) is 4.74 Å². The molecule has 0 spiro atoms. The van der Waals surface area contributed by atoms with Gasteiger partial charge in [-0.15, -0.1) is 0 Å². The zero-order chi connectivity index (χ0) is 12.7. The van der Waals surface area contributed by atoms with Gasteiger partial charge in [0.25, 0.3) is 5.91 Å². The first-order valence-corrected chi connectivity index (χ1v) is 7.19. The van der Waals surface area contributed by atoms with Gasteiger partial charge >= 0.3 is 0 Å². The summed E-state index contributed by atoms with van der Waals surface area (Å²) in [5, 5.41) is 2.96. The Morgan fingerprint density at radius 2 is 2.00 bits per heavy atom. The van der Waals surface area contributed by atoms with E-state index in [0.717, 1.165) is 10.2 Å². The lowest BCUT2D eigenvalue weighted by Gasteiger charge is -2.19. The molecular weight excluding hydrogens is 329 g/mol. The van der Waals surface area contributed by atoms with Gasteiger partial charge in [-0.25, -0.2) is 0 Å². The zero-order valence-electron chi connectivity index (χ0n) is 10.2. The maximum absolute atomic E-state index is 11.7. The number of halogens is 1. The predicted molar refractivity (Wildman–Crippen MR) is 77.6 cm³/mol. The van der Waals surface area contributed by atoms with E-state index in [9.17, 15) is 4.79 Å². The molecule has 0 radical (unpaired) electrons. The van der Waals surface area contributed by atoms with Crippen molar-refractivity contribution in [2.45, 2.75) is 19.9 Å². The van der Waals surface area contributed by atoms with Crippen LogP contribution in [0.3, 0.4) is 0 Å². The Kier molecular flexibility index (Phi) is 6.32. The van der Waals surface area contributed by atoms with Crippen molar-refractivity contribution < 1.29 is 9.53 Å². The Morgan fingerprint density at radius 1 is 1.35 bits per heavy atom. The fourth-order valence-corrected chi connectivity index (χ4v) is 2.53. The van der Waals surface area contributed by atoms with E-state index in [1.54, 1.807) is 0 Å². The summed E-state index contributed by atoms with van der Waals surface area (Å²) in [6.07, 6.45) is 0. The maximum atomic E-state index is 11.7. The van der Waals surface area contributed by atoms with E-state index >= 15 is 0 Å². The van der Waals surface area contributed by atoms with Gasteiger partial charge in [0, 0.05) is 10.5 Å². The van der Waals surface area contributed by atoms with E-state index in [-0.39, 0.29) is 18.6 Å². The summed E-state index contributed by atoms with van der Waals surface area (Å²) in [5.74, 6) is 1.09. The highest BCUT2D eigenvalue weighted by atomic mass is 127. The number of benzene rings is 1. The monoisotopic (exact) mass is 347 g/mol. The second kappa shape index (κ2) is 7.53. The van der Waals surface area contributed by atoms with E-state index in [1.165, 1.54) is 0 Å². The van der Waals surface area contributed by atoms with Gasteiger partial charge < -0.3 is 10.1 Å². The number of hydrogen-bond acceptors (Lipinski definition) is 2. The molecule has 0 saturated heterocycles. The van der Waals surface area contributed by atoms with Gasteiger partial charge in [-0.3, -0.25) is 4.79 Å². The quantitative estimate of drug-likeness (QED) is 0.635. The highest BCUT2D eigenvalue weighted by Gasteiger charge is 2.14. The van der Waals surface area contributed by atoms with Gasteiger partial charge in [0.2, 0.25) is 0 Å². The van der Waals surface area contributed by atoms with Gasteiger partial charge in [0.15, 0.2) is 6.61 Å². The summed E-state index contributed by atoms with van der Waals surface area (Å²) in [6, 6.07) is 9.57. The van der Waals surface area contributed by atoms with Crippen molar-refractivity contribution in [3.63, 3.8) is 0 Å². The third-order valence-electron chi connectivity index (χ3n) is 2.43. The first kappa shape index (κ1) is 14.3. The van der Waals surface area contributed by atoms with Crippen LogP contribution in [0.5, 0.6) is 5.75 Å². The van der Waals surface area contributed by atoms with Crippen LogP contribution in [0.2, 0.25) is 0 Å². The van der Waals surface area contributed by atoms with E-state index < -0.39 is 0 Å². The lowest BCUT2D eigenvalue weighted by atomic mass is 10.1. The molecule has 0 saturated carbocycles. The summed E-state index contributed by atoms with van der Waals surface area (Å²) in [4.78, 5) is 11.7. The van der Waals surface area contributed by atoms with Crippen LogP contribution in [0.15, 0.2) is 30.3 Å². The van der Waals surface area contributed by atoms with Crippen LogP contribution in [0.4, 0.5) is 0 Å². The Balaban J connectivity index is 2.35. The number of carbonyl (C=O) groups is 1. The number of ether oxygens (including phenoxy) is 1. The van der Waals surface area contributed by atoms with Gasteiger partial charge in [0.05, 0.1) is 0 Å². The number of rotatable bonds is 6.